The molecule has 0 aromatic heterocycles. The van der Waals surface area contributed by atoms with Crippen LogP contribution in [0.15, 0.2) is 41.4 Å². The number of halogens is 1. The third-order valence-corrected chi connectivity index (χ3v) is 4.32. The van der Waals surface area contributed by atoms with Gasteiger partial charge in [-0.15, -0.1) is 0 Å². The topological polar surface area (TPSA) is 58.1 Å². The van der Waals surface area contributed by atoms with Gasteiger partial charge < -0.3 is 25.0 Å². The number of aliphatic imine (C=N–C) groups is 1. The lowest BCUT2D eigenvalue weighted by molar-refractivity contribution is 0.174. The van der Waals surface area contributed by atoms with Crippen LogP contribution in [0.25, 0.3) is 0 Å². The number of guanidine groups is 1. The molecule has 0 atom stereocenters. The second-order valence-corrected chi connectivity index (χ2v) is 6.47. The SMILES string of the molecule is CN=C(NCCc1ccc2c(c1)OCO2)NCc1ccc(N(C)C)c(F)c1. The molecule has 0 bridgehead atoms. The maximum atomic E-state index is 14.1. The minimum Gasteiger partial charge on any atom is -0.454 e. The van der Waals surface area contributed by atoms with E-state index in [0.717, 1.165) is 29.0 Å². The van der Waals surface area contributed by atoms with Crippen LogP contribution >= 0.6 is 0 Å². The molecule has 6 nitrogen and oxygen atoms in total. The molecular formula is C20H25FN4O2. The van der Waals surface area contributed by atoms with Crippen molar-refractivity contribution >= 4 is 11.6 Å². The first-order valence-electron chi connectivity index (χ1n) is 8.85. The number of hydrogen-bond acceptors (Lipinski definition) is 4. The van der Waals surface area contributed by atoms with E-state index in [0.29, 0.717) is 24.7 Å². The van der Waals surface area contributed by atoms with Gasteiger partial charge in [0.2, 0.25) is 6.79 Å². The van der Waals surface area contributed by atoms with Gasteiger partial charge in [-0.2, -0.15) is 0 Å². The Balaban J connectivity index is 1.47. The normalized spacial score (nSPS) is 12.8. The Morgan fingerprint density at radius 1 is 1.07 bits per heavy atom. The van der Waals surface area contributed by atoms with Crippen molar-refractivity contribution in [3.63, 3.8) is 0 Å². The Labute approximate surface area is 159 Å². The summed E-state index contributed by atoms with van der Waals surface area (Å²) < 4.78 is 24.8. The van der Waals surface area contributed by atoms with Gasteiger partial charge in [-0.25, -0.2) is 4.39 Å². The first kappa shape index (κ1) is 18.8. The van der Waals surface area contributed by atoms with E-state index in [4.69, 9.17) is 9.47 Å². The number of fused-ring (bicyclic) bond motifs is 1. The van der Waals surface area contributed by atoms with Crippen LogP contribution in [0.4, 0.5) is 10.1 Å². The quantitative estimate of drug-likeness (QED) is 0.603. The Bertz CT molecular complexity index is 824. The summed E-state index contributed by atoms with van der Waals surface area (Å²) in [5.74, 6) is 2.02. The van der Waals surface area contributed by atoms with Gasteiger partial charge in [-0.1, -0.05) is 12.1 Å². The predicted octanol–water partition coefficient (Wildman–Crippen LogP) is 2.53. The largest absolute Gasteiger partial charge is 0.454 e. The van der Waals surface area contributed by atoms with Crippen molar-refractivity contribution in [1.82, 2.24) is 10.6 Å². The van der Waals surface area contributed by atoms with Crippen LogP contribution in [-0.4, -0.2) is 40.4 Å². The summed E-state index contributed by atoms with van der Waals surface area (Å²) >= 11 is 0. The summed E-state index contributed by atoms with van der Waals surface area (Å²) in [5.41, 5.74) is 2.59. The van der Waals surface area contributed by atoms with Crippen molar-refractivity contribution in [2.75, 3.05) is 39.4 Å². The summed E-state index contributed by atoms with van der Waals surface area (Å²) in [7, 11) is 5.36. The van der Waals surface area contributed by atoms with E-state index in [1.165, 1.54) is 0 Å². The summed E-state index contributed by atoms with van der Waals surface area (Å²) in [6.07, 6.45) is 0.823. The van der Waals surface area contributed by atoms with Crippen LogP contribution in [0.5, 0.6) is 11.5 Å². The van der Waals surface area contributed by atoms with E-state index in [-0.39, 0.29) is 12.6 Å². The molecule has 0 spiro atoms. The Kier molecular flexibility index (Phi) is 6.01. The smallest absolute Gasteiger partial charge is 0.231 e. The summed E-state index contributed by atoms with van der Waals surface area (Å²) in [6, 6.07) is 11.2. The molecule has 0 radical (unpaired) electrons. The fourth-order valence-electron chi connectivity index (χ4n) is 2.85. The molecule has 0 saturated carbocycles. The van der Waals surface area contributed by atoms with Crippen LogP contribution < -0.4 is 25.0 Å². The number of hydrogen-bond donors (Lipinski definition) is 2. The van der Waals surface area contributed by atoms with Crippen molar-refractivity contribution in [2.24, 2.45) is 4.99 Å². The number of nitrogens with zero attached hydrogens (tertiary/aromatic N) is 2. The lowest BCUT2D eigenvalue weighted by Gasteiger charge is -2.15. The van der Waals surface area contributed by atoms with Gasteiger partial charge in [0.15, 0.2) is 17.5 Å². The molecule has 1 heterocycles. The van der Waals surface area contributed by atoms with Crippen molar-refractivity contribution in [2.45, 2.75) is 13.0 Å². The molecule has 1 aliphatic rings. The first-order chi connectivity index (χ1) is 13.1. The molecule has 0 aliphatic carbocycles. The molecule has 1 aliphatic heterocycles. The average Bonchev–Trinajstić information content (AvgIpc) is 3.12. The molecule has 2 N–H and O–H groups in total. The first-order valence-corrected chi connectivity index (χ1v) is 8.85. The number of ether oxygens (including phenoxy) is 2. The van der Waals surface area contributed by atoms with E-state index >= 15 is 0 Å². The molecule has 0 unspecified atom stereocenters. The van der Waals surface area contributed by atoms with Crippen molar-refractivity contribution in [1.29, 1.82) is 0 Å². The molecule has 2 aromatic rings. The van der Waals surface area contributed by atoms with E-state index in [9.17, 15) is 4.39 Å². The van der Waals surface area contributed by atoms with Gasteiger partial charge >= 0.3 is 0 Å². The number of benzene rings is 2. The maximum Gasteiger partial charge on any atom is 0.231 e. The van der Waals surface area contributed by atoms with Gasteiger partial charge in [-0.3, -0.25) is 4.99 Å². The van der Waals surface area contributed by atoms with E-state index in [1.54, 1.807) is 24.1 Å². The molecular weight excluding hydrogens is 347 g/mol. The van der Waals surface area contributed by atoms with Gasteiger partial charge in [0.05, 0.1) is 5.69 Å². The molecule has 0 amide bonds. The summed E-state index contributed by atoms with van der Waals surface area (Å²) in [4.78, 5) is 5.96. The highest BCUT2D eigenvalue weighted by Crippen LogP contribution is 2.32. The van der Waals surface area contributed by atoms with E-state index < -0.39 is 0 Å². The maximum absolute atomic E-state index is 14.1. The Morgan fingerprint density at radius 3 is 2.59 bits per heavy atom. The molecule has 0 saturated heterocycles. The molecule has 144 valence electrons. The minimum absolute atomic E-state index is 0.231. The van der Waals surface area contributed by atoms with E-state index in [1.807, 2.05) is 38.4 Å². The van der Waals surface area contributed by atoms with Crippen LogP contribution in [-0.2, 0) is 13.0 Å². The van der Waals surface area contributed by atoms with Gasteiger partial charge in [0.1, 0.15) is 5.82 Å². The highest BCUT2D eigenvalue weighted by atomic mass is 19.1. The van der Waals surface area contributed by atoms with Crippen LogP contribution in [0.1, 0.15) is 11.1 Å². The summed E-state index contributed by atoms with van der Waals surface area (Å²) in [6.45, 7) is 1.49. The van der Waals surface area contributed by atoms with Crippen LogP contribution in [0.3, 0.4) is 0 Å². The highest BCUT2D eigenvalue weighted by molar-refractivity contribution is 5.79. The zero-order valence-electron chi connectivity index (χ0n) is 15.9. The Morgan fingerprint density at radius 2 is 1.85 bits per heavy atom. The highest BCUT2D eigenvalue weighted by Gasteiger charge is 2.13. The fourth-order valence-corrected chi connectivity index (χ4v) is 2.85. The average molecular weight is 372 g/mol. The molecule has 27 heavy (non-hydrogen) atoms. The third kappa shape index (κ3) is 4.81. The molecule has 7 heteroatoms. The van der Waals surface area contributed by atoms with Crippen LogP contribution in [0.2, 0.25) is 0 Å². The van der Waals surface area contributed by atoms with Gasteiger partial charge in [0.25, 0.3) is 0 Å². The molecule has 0 fully saturated rings. The lowest BCUT2D eigenvalue weighted by atomic mass is 10.1. The zero-order valence-corrected chi connectivity index (χ0v) is 15.9. The fraction of sp³-hybridized carbons (Fsp3) is 0.350. The monoisotopic (exact) mass is 372 g/mol. The Hall–Kier alpha value is -2.96. The zero-order chi connectivity index (χ0) is 19.2. The van der Waals surface area contributed by atoms with Crippen molar-refractivity contribution in [3.8, 4) is 11.5 Å². The van der Waals surface area contributed by atoms with Gasteiger partial charge in [0, 0.05) is 34.2 Å². The number of nitrogens with one attached hydrogen (secondary N) is 2. The number of anilines is 1. The van der Waals surface area contributed by atoms with Crippen LogP contribution in [0, 0.1) is 5.82 Å². The number of rotatable bonds is 6. The van der Waals surface area contributed by atoms with Gasteiger partial charge in [-0.05, 0) is 41.8 Å². The lowest BCUT2D eigenvalue weighted by Crippen LogP contribution is -2.37. The standard InChI is InChI=1S/C20H25FN4O2/c1-22-20(24-12-15-4-6-17(25(2)3)16(21)10-15)23-9-8-14-5-7-18-19(11-14)27-13-26-18/h4-7,10-11H,8-9,12-13H2,1-3H3,(H2,22,23,24). The summed E-state index contributed by atoms with van der Waals surface area (Å²) in [5, 5.41) is 6.47. The minimum atomic E-state index is -0.231. The predicted molar refractivity (Wildman–Crippen MR) is 105 cm³/mol. The second kappa shape index (κ2) is 8.62. The molecule has 3 rings (SSSR count). The van der Waals surface area contributed by atoms with Crippen molar-refractivity contribution < 1.29 is 13.9 Å². The third-order valence-electron chi connectivity index (χ3n) is 4.32. The second-order valence-electron chi connectivity index (χ2n) is 6.47. The molecule has 2 aromatic carbocycles. The van der Waals surface area contributed by atoms with E-state index in [2.05, 4.69) is 15.6 Å². The van der Waals surface area contributed by atoms with Crippen molar-refractivity contribution in [3.05, 3.63) is 53.3 Å².